The Bertz CT molecular complexity index is 1030. The molecule has 0 aromatic heterocycles. The molecule has 9 heteroatoms. The molecule has 1 N–H and O–H groups in total. The van der Waals surface area contributed by atoms with Crippen molar-refractivity contribution in [2.75, 3.05) is 16.2 Å². The third-order valence-electron chi connectivity index (χ3n) is 4.78. The average Bonchev–Trinajstić information content (AvgIpc) is 3.41. The Morgan fingerprint density at radius 2 is 1.85 bits per heavy atom. The molecule has 2 aromatic rings. The Morgan fingerprint density at radius 3 is 2.48 bits per heavy atom. The van der Waals surface area contributed by atoms with E-state index < -0.39 is 14.9 Å². The van der Waals surface area contributed by atoms with E-state index in [9.17, 15) is 23.3 Å². The van der Waals surface area contributed by atoms with Gasteiger partial charge in [-0.3, -0.25) is 19.6 Å². The summed E-state index contributed by atoms with van der Waals surface area (Å²) in [5.41, 5.74) is 1.98. The minimum absolute atomic E-state index is 0.0564. The number of fused-ring (bicyclic) bond motifs is 1. The van der Waals surface area contributed by atoms with Crippen LogP contribution in [0.25, 0.3) is 0 Å². The zero-order valence-electron chi connectivity index (χ0n) is 14.3. The van der Waals surface area contributed by atoms with Crippen LogP contribution in [-0.4, -0.2) is 25.8 Å². The van der Waals surface area contributed by atoms with Crippen molar-refractivity contribution >= 4 is 33.0 Å². The number of rotatable bonds is 5. The molecule has 1 aliphatic heterocycles. The number of carbonyl (C=O) groups excluding carboxylic acids is 1. The fourth-order valence-corrected chi connectivity index (χ4v) is 4.26. The highest BCUT2D eigenvalue weighted by atomic mass is 32.2. The monoisotopic (exact) mass is 387 g/mol. The molecule has 1 aliphatic carbocycles. The second kappa shape index (κ2) is 6.34. The van der Waals surface area contributed by atoms with Crippen LogP contribution in [-0.2, 0) is 21.2 Å². The van der Waals surface area contributed by atoms with Crippen LogP contribution >= 0.6 is 0 Å². The molecule has 140 valence electrons. The van der Waals surface area contributed by atoms with Gasteiger partial charge in [-0.05, 0) is 55.2 Å². The van der Waals surface area contributed by atoms with Crippen molar-refractivity contribution < 1.29 is 18.1 Å². The van der Waals surface area contributed by atoms with E-state index in [-0.39, 0.29) is 22.4 Å². The number of amides is 1. The zero-order valence-corrected chi connectivity index (χ0v) is 15.1. The van der Waals surface area contributed by atoms with Crippen molar-refractivity contribution in [2.45, 2.75) is 24.2 Å². The van der Waals surface area contributed by atoms with E-state index >= 15 is 0 Å². The van der Waals surface area contributed by atoms with Crippen molar-refractivity contribution in [1.82, 2.24) is 0 Å². The molecule has 0 unspecified atom stereocenters. The van der Waals surface area contributed by atoms with Gasteiger partial charge in [-0.15, -0.1) is 0 Å². The van der Waals surface area contributed by atoms with Crippen molar-refractivity contribution in [1.29, 1.82) is 0 Å². The lowest BCUT2D eigenvalue weighted by Gasteiger charge is -2.17. The molecule has 0 atom stereocenters. The third-order valence-corrected chi connectivity index (χ3v) is 6.17. The summed E-state index contributed by atoms with van der Waals surface area (Å²) in [7, 11) is -3.86. The number of nitrogens with zero attached hydrogens (tertiary/aromatic N) is 2. The number of nitro groups is 1. The molecule has 0 radical (unpaired) electrons. The van der Waals surface area contributed by atoms with E-state index in [0.29, 0.717) is 18.7 Å². The van der Waals surface area contributed by atoms with Gasteiger partial charge in [0.15, 0.2) is 0 Å². The summed E-state index contributed by atoms with van der Waals surface area (Å²) < 4.78 is 27.5. The first-order valence-corrected chi connectivity index (χ1v) is 10.0. The standard InChI is InChI=1S/C18H17N3O5S/c22-18(12-1-2-12)20-10-9-13-11-14(3-8-17(13)20)19-27(25,26)16-6-4-15(5-7-16)21(23)24/h3-8,11-12,19H,1-2,9-10H2. The number of nitro benzene ring substituents is 1. The lowest BCUT2D eigenvalue weighted by atomic mass is 10.1. The van der Waals surface area contributed by atoms with Crippen LogP contribution in [0.3, 0.4) is 0 Å². The molecule has 0 saturated heterocycles. The molecule has 4 rings (SSSR count). The summed E-state index contributed by atoms with van der Waals surface area (Å²) in [6.07, 6.45) is 2.57. The van der Waals surface area contributed by atoms with Gasteiger partial charge < -0.3 is 4.90 Å². The molecule has 1 heterocycles. The Balaban J connectivity index is 1.54. The highest BCUT2D eigenvalue weighted by molar-refractivity contribution is 7.92. The van der Waals surface area contributed by atoms with Gasteiger partial charge in [0.05, 0.1) is 9.82 Å². The van der Waals surface area contributed by atoms with E-state index in [0.717, 1.165) is 36.2 Å². The number of carbonyl (C=O) groups is 1. The SMILES string of the molecule is O=C(C1CC1)N1CCc2cc(NS(=O)(=O)c3ccc([N+](=O)[O-])cc3)ccc21. The van der Waals surface area contributed by atoms with Gasteiger partial charge in [0, 0.05) is 36.0 Å². The smallest absolute Gasteiger partial charge is 0.269 e. The average molecular weight is 387 g/mol. The summed E-state index contributed by atoms with van der Waals surface area (Å²) in [6, 6.07) is 9.82. The first-order chi connectivity index (χ1) is 12.8. The highest BCUT2D eigenvalue weighted by Gasteiger charge is 2.36. The van der Waals surface area contributed by atoms with Gasteiger partial charge in [-0.2, -0.15) is 0 Å². The van der Waals surface area contributed by atoms with Crippen LogP contribution < -0.4 is 9.62 Å². The maximum Gasteiger partial charge on any atom is 0.269 e. The highest BCUT2D eigenvalue weighted by Crippen LogP contribution is 2.37. The molecule has 0 bridgehead atoms. The van der Waals surface area contributed by atoms with Crippen molar-refractivity contribution in [3.8, 4) is 0 Å². The van der Waals surface area contributed by atoms with Crippen LogP contribution in [0.15, 0.2) is 47.4 Å². The molecular weight excluding hydrogens is 370 g/mol. The van der Waals surface area contributed by atoms with E-state index in [1.54, 1.807) is 23.1 Å². The maximum absolute atomic E-state index is 12.5. The summed E-state index contributed by atoms with van der Waals surface area (Å²) in [5.74, 6) is 0.282. The third kappa shape index (κ3) is 3.37. The molecule has 8 nitrogen and oxygen atoms in total. The molecule has 1 saturated carbocycles. The number of sulfonamides is 1. The van der Waals surface area contributed by atoms with Crippen molar-refractivity contribution in [3.05, 3.63) is 58.1 Å². The number of benzene rings is 2. The van der Waals surface area contributed by atoms with Crippen LogP contribution in [0.2, 0.25) is 0 Å². The van der Waals surface area contributed by atoms with Gasteiger partial charge in [-0.1, -0.05) is 0 Å². The van der Waals surface area contributed by atoms with Gasteiger partial charge >= 0.3 is 0 Å². The molecular formula is C18H17N3O5S. The lowest BCUT2D eigenvalue weighted by Crippen LogP contribution is -2.30. The Kier molecular flexibility index (Phi) is 4.11. The second-order valence-electron chi connectivity index (χ2n) is 6.71. The van der Waals surface area contributed by atoms with Crippen LogP contribution in [0.1, 0.15) is 18.4 Å². The Hall–Kier alpha value is -2.94. The predicted molar refractivity (Wildman–Crippen MR) is 99.1 cm³/mol. The Labute approximate surface area is 156 Å². The molecule has 1 amide bonds. The predicted octanol–water partition coefficient (Wildman–Crippen LogP) is 2.69. The summed E-state index contributed by atoms with van der Waals surface area (Å²) in [6.45, 7) is 0.614. The number of hydrogen-bond acceptors (Lipinski definition) is 5. The lowest BCUT2D eigenvalue weighted by molar-refractivity contribution is -0.384. The minimum Gasteiger partial charge on any atom is -0.312 e. The van der Waals surface area contributed by atoms with Crippen molar-refractivity contribution in [3.63, 3.8) is 0 Å². The minimum atomic E-state index is -3.86. The maximum atomic E-state index is 12.5. The number of nitrogens with one attached hydrogen (secondary N) is 1. The van der Waals surface area contributed by atoms with Crippen molar-refractivity contribution in [2.24, 2.45) is 5.92 Å². The number of anilines is 2. The summed E-state index contributed by atoms with van der Waals surface area (Å²) >= 11 is 0. The van der Waals surface area contributed by atoms with Crippen LogP contribution in [0.4, 0.5) is 17.1 Å². The fourth-order valence-electron chi connectivity index (χ4n) is 3.21. The molecule has 0 spiro atoms. The van der Waals surface area contributed by atoms with Gasteiger partial charge in [0.2, 0.25) is 5.91 Å². The van der Waals surface area contributed by atoms with E-state index in [1.807, 2.05) is 0 Å². The van der Waals surface area contributed by atoms with Crippen LogP contribution in [0, 0.1) is 16.0 Å². The summed E-state index contributed by atoms with van der Waals surface area (Å²) in [4.78, 5) is 24.1. The first-order valence-electron chi connectivity index (χ1n) is 8.57. The van der Waals surface area contributed by atoms with Gasteiger partial charge in [0.1, 0.15) is 0 Å². The molecule has 2 aliphatic rings. The van der Waals surface area contributed by atoms with Gasteiger partial charge in [0.25, 0.3) is 15.7 Å². The molecule has 2 aromatic carbocycles. The fraction of sp³-hybridized carbons (Fsp3) is 0.278. The normalized spacial score (nSPS) is 16.1. The Morgan fingerprint density at radius 1 is 1.15 bits per heavy atom. The summed E-state index contributed by atoms with van der Waals surface area (Å²) in [5, 5.41) is 10.7. The van der Waals surface area contributed by atoms with Gasteiger partial charge in [-0.25, -0.2) is 8.42 Å². The molecule has 1 fully saturated rings. The van der Waals surface area contributed by atoms with E-state index in [2.05, 4.69) is 4.72 Å². The molecule has 27 heavy (non-hydrogen) atoms. The topological polar surface area (TPSA) is 110 Å². The quantitative estimate of drug-likeness (QED) is 0.626. The second-order valence-corrected chi connectivity index (χ2v) is 8.40. The first kappa shape index (κ1) is 17.5. The largest absolute Gasteiger partial charge is 0.312 e. The number of non-ortho nitro benzene ring substituents is 1. The van der Waals surface area contributed by atoms with Crippen LogP contribution in [0.5, 0.6) is 0 Å². The number of hydrogen-bond donors (Lipinski definition) is 1. The van der Waals surface area contributed by atoms with E-state index in [4.69, 9.17) is 0 Å². The van der Waals surface area contributed by atoms with E-state index in [1.165, 1.54) is 12.1 Å². The zero-order chi connectivity index (χ0) is 19.2.